The molecule has 0 aliphatic carbocycles. The molecule has 0 bridgehead atoms. The molecular weight excluding hydrogens is 358 g/mol. The highest BCUT2D eigenvalue weighted by Crippen LogP contribution is 2.35. The molecule has 1 aromatic rings. The lowest BCUT2D eigenvalue weighted by Crippen LogP contribution is -2.37. The molecule has 140 valence electrons. The number of carbonyl (C=O) groups excluding carboxylic acids is 3. The van der Waals surface area contributed by atoms with Crippen LogP contribution in [0.25, 0.3) is 6.08 Å². The number of thioether (sulfide) groups is 1. The van der Waals surface area contributed by atoms with Crippen molar-refractivity contribution >= 4 is 35.0 Å². The van der Waals surface area contributed by atoms with Crippen LogP contribution in [0.1, 0.15) is 26.3 Å². The van der Waals surface area contributed by atoms with E-state index >= 15 is 0 Å². The van der Waals surface area contributed by atoms with Gasteiger partial charge in [-0.3, -0.25) is 19.3 Å². The number of amides is 2. The summed E-state index contributed by atoms with van der Waals surface area (Å²) in [6.45, 7) is 4.73. The van der Waals surface area contributed by atoms with Crippen LogP contribution in [0.3, 0.4) is 0 Å². The second-order valence-corrected chi connectivity index (χ2v) is 7.46. The highest BCUT2D eigenvalue weighted by atomic mass is 32.2. The Balaban J connectivity index is 2.20. The third kappa shape index (κ3) is 4.78. The summed E-state index contributed by atoms with van der Waals surface area (Å²) in [6, 6.07) is 5.12. The van der Waals surface area contributed by atoms with Crippen LogP contribution in [-0.2, 0) is 14.3 Å². The van der Waals surface area contributed by atoms with Gasteiger partial charge in [0.15, 0.2) is 0 Å². The Morgan fingerprint density at radius 1 is 1.19 bits per heavy atom. The largest absolute Gasteiger partial charge is 0.497 e. The molecule has 0 N–H and O–H groups in total. The van der Waals surface area contributed by atoms with Crippen LogP contribution >= 0.6 is 11.8 Å². The molecule has 0 spiro atoms. The monoisotopic (exact) mass is 379 g/mol. The standard InChI is InChI=1S/C18H21NO6S/c1-18(2,3)25-15(20)10-19-16(21)14(26-17(19)22)8-11-6-7-12(23-4)9-13(11)24-5/h6-9H,10H2,1-5H3. The minimum absolute atomic E-state index is 0.210. The molecule has 0 unspecified atom stereocenters. The van der Waals surface area contributed by atoms with Gasteiger partial charge < -0.3 is 14.2 Å². The van der Waals surface area contributed by atoms with Crippen molar-refractivity contribution in [1.29, 1.82) is 0 Å². The fourth-order valence-corrected chi connectivity index (χ4v) is 3.05. The number of benzene rings is 1. The maximum Gasteiger partial charge on any atom is 0.326 e. The first-order chi connectivity index (χ1) is 12.1. The lowest BCUT2D eigenvalue weighted by atomic mass is 10.1. The van der Waals surface area contributed by atoms with E-state index in [0.29, 0.717) is 17.1 Å². The van der Waals surface area contributed by atoms with Crippen molar-refractivity contribution in [3.63, 3.8) is 0 Å². The number of hydrogen-bond donors (Lipinski definition) is 0. The molecule has 26 heavy (non-hydrogen) atoms. The lowest BCUT2D eigenvalue weighted by molar-refractivity contribution is -0.156. The Bertz CT molecular complexity index is 765. The molecular formula is C18H21NO6S. The van der Waals surface area contributed by atoms with E-state index in [0.717, 1.165) is 16.7 Å². The van der Waals surface area contributed by atoms with Gasteiger partial charge in [0.1, 0.15) is 23.6 Å². The van der Waals surface area contributed by atoms with E-state index < -0.39 is 29.3 Å². The van der Waals surface area contributed by atoms with E-state index in [1.807, 2.05) is 0 Å². The van der Waals surface area contributed by atoms with E-state index in [9.17, 15) is 14.4 Å². The molecule has 0 atom stereocenters. The smallest absolute Gasteiger partial charge is 0.326 e. The Kier molecular flexibility index (Phi) is 5.97. The molecule has 2 rings (SSSR count). The van der Waals surface area contributed by atoms with Crippen LogP contribution in [0.5, 0.6) is 11.5 Å². The number of hydrogen-bond acceptors (Lipinski definition) is 7. The second-order valence-electron chi connectivity index (χ2n) is 6.46. The van der Waals surface area contributed by atoms with Gasteiger partial charge in [0.25, 0.3) is 11.1 Å². The van der Waals surface area contributed by atoms with Gasteiger partial charge in [-0.25, -0.2) is 0 Å². The number of carbonyl (C=O) groups is 3. The highest BCUT2D eigenvalue weighted by Gasteiger charge is 2.37. The van der Waals surface area contributed by atoms with Gasteiger partial charge in [0.05, 0.1) is 19.1 Å². The molecule has 1 aliphatic rings. The summed E-state index contributed by atoms with van der Waals surface area (Å²) >= 11 is 0.770. The van der Waals surface area contributed by atoms with Gasteiger partial charge in [-0.15, -0.1) is 0 Å². The third-order valence-corrected chi connectivity index (χ3v) is 4.22. The predicted octanol–water partition coefficient (Wildman–Crippen LogP) is 3.08. The Hall–Kier alpha value is -2.48. The quantitative estimate of drug-likeness (QED) is 0.574. The van der Waals surface area contributed by atoms with E-state index in [4.69, 9.17) is 14.2 Å². The summed E-state index contributed by atoms with van der Waals surface area (Å²) in [6.07, 6.45) is 1.55. The average Bonchev–Trinajstić information content (AvgIpc) is 2.81. The van der Waals surface area contributed by atoms with Gasteiger partial charge in [-0.05, 0) is 50.7 Å². The van der Waals surface area contributed by atoms with Crippen LogP contribution in [0.15, 0.2) is 23.1 Å². The maximum absolute atomic E-state index is 12.5. The summed E-state index contributed by atoms with van der Waals surface area (Å²) in [5.74, 6) is -0.0628. The van der Waals surface area contributed by atoms with Crippen LogP contribution in [-0.4, -0.2) is 48.4 Å². The van der Waals surface area contributed by atoms with Gasteiger partial charge in [-0.2, -0.15) is 0 Å². The fraction of sp³-hybridized carbons (Fsp3) is 0.389. The molecule has 1 heterocycles. The summed E-state index contributed by atoms with van der Waals surface area (Å²) < 4.78 is 15.6. The molecule has 7 nitrogen and oxygen atoms in total. The first-order valence-electron chi connectivity index (χ1n) is 7.84. The van der Waals surface area contributed by atoms with E-state index in [1.54, 1.807) is 45.0 Å². The maximum atomic E-state index is 12.5. The van der Waals surface area contributed by atoms with Crippen molar-refractivity contribution < 1.29 is 28.6 Å². The van der Waals surface area contributed by atoms with Gasteiger partial charge in [-0.1, -0.05) is 0 Å². The molecule has 0 saturated carbocycles. The highest BCUT2D eigenvalue weighted by molar-refractivity contribution is 8.18. The minimum Gasteiger partial charge on any atom is -0.497 e. The van der Waals surface area contributed by atoms with Crippen molar-refractivity contribution in [2.24, 2.45) is 0 Å². The Labute approximate surface area is 156 Å². The Morgan fingerprint density at radius 3 is 2.46 bits per heavy atom. The summed E-state index contributed by atoms with van der Waals surface area (Å²) in [4.78, 5) is 37.6. The fourth-order valence-electron chi connectivity index (χ4n) is 2.22. The Morgan fingerprint density at radius 2 is 1.88 bits per heavy atom. The first-order valence-corrected chi connectivity index (χ1v) is 8.65. The van der Waals surface area contributed by atoms with E-state index in [2.05, 4.69) is 0 Å². The number of nitrogens with zero attached hydrogens (tertiary/aromatic N) is 1. The zero-order valence-electron chi connectivity index (χ0n) is 15.3. The van der Waals surface area contributed by atoms with Crippen LogP contribution < -0.4 is 9.47 Å². The van der Waals surface area contributed by atoms with Crippen LogP contribution in [0.4, 0.5) is 4.79 Å². The number of ether oxygens (including phenoxy) is 3. The van der Waals surface area contributed by atoms with Gasteiger partial charge >= 0.3 is 5.97 Å². The number of methoxy groups -OCH3 is 2. The molecule has 1 saturated heterocycles. The zero-order chi connectivity index (χ0) is 19.5. The first kappa shape index (κ1) is 19.8. The van der Waals surface area contributed by atoms with Crippen molar-refractivity contribution in [2.45, 2.75) is 26.4 Å². The van der Waals surface area contributed by atoms with Crippen LogP contribution in [0, 0.1) is 0 Å². The second kappa shape index (κ2) is 7.82. The molecule has 1 aromatic carbocycles. The topological polar surface area (TPSA) is 82.1 Å². The summed E-state index contributed by atoms with van der Waals surface area (Å²) in [5, 5.41) is -0.514. The number of esters is 1. The molecule has 1 aliphatic heterocycles. The normalized spacial score (nSPS) is 16.2. The predicted molar refractivity (Wildman–Crippen MR) is 98.1 cm³/mol. The van der Waals surface area contributed by atoms with Crippen molar-refractivity contribution in [2.75, 3.05) is 20.8 Å². The lowest BCUT2D eigenvalue weighted by Gasteiger charge is -2.21. The molecule has 8 heteroatoms. The summed E-state index contributed by atoms with van der Waals surface area (Å²) in [7, 11) is 3.04. The van der Waals surface area contributed by atoms with Crippen molar-refractivity contribution in [3.8, 4) is 11.5 Å². The molecule has 1 fully saturated rings. The van der Waals surface area contributed by atoms with E-state index in [1.165, 1.54) is 14.2 Å². The molecule has 2 amide bonds. The van der Waals surface area contributed by atoms with Crippen molar-refractivity contribution in [3.05, 3.63) is 28.7 Å². The average molecular weight is 379 g/mol. The third-order valence-electron chi connectivity index (χ3n) is 3.31. The van der Waals surface area contributed by atoms with Gasteiger partial charge in [0, 0.05) is 11.6 Å². The minimum atomic E-state index is -0.689. The summed E-state index contributed by atoms with van der Waals surface area (Å²) in [5.41, 5.74) is -0.0680. The van der Waals surface area contributed by atoms with Crippen molar-refractivity contribution in [1.82, 2.24) is 4.90 Å². The zero-order valence-corrected chi connectivity index (χ0v) is 16.1. The SMILES string of the molecule is COc1ccc(C=C2SC(=O)N(CC(=O)OC(C)(C)C)C2=O)c(OC)c1. The molecule has 0 aromatic heterocycles. The van der Waals surface area contributed by atoms with E-state index in [-0.39, 0.29) is 4.91 Å². The molecule has 0 radical (unpaired) electrons. The number of imide groups is 1. The van der Waals surface area contributed by atoms with Crippen LogP contribution in [0.2, 0.25) is 0 Å². The van der Waals surface area contributed by atoms with Gasteiger partial charge in [0.2, 0.25) is 0 Å². The number of rotatable bonds is 5.